The molecule has 0 aromatic heterocycles. The van der Waals surface area contributed by atoms with Crippen LogP contribution in [0, 0.1) is 5.82 Å². The van der Waals surface area contributed by atoms with E-state index in [-0.39, 0.29) is 11.7 Å². The molecule has 0 bridgehead atoms. The average Bonchev–Trinajstić information content (AvgIpc) is 3.33. The van der Waals surface area contributed by atoms with E-state index in [1.165, 1.54) is 44.5 Å². The second-order valence-electron chi connectivity index (χ2n) is 8.74. The monoisotopic (exact) mass is 427 g/mol. The zero-order valence-electron chi connectivity index (χ0n) is 18.4. The van der Waals surface area contributed by atoms with Gasteiger partial charge in [0.25, 0.3) is 5.91 Å². The molecule has 2 aliphatic heterocycles. The molecule has 1 aliphatic carbocycles. The van der Waals surface area contributed by atoms with Gasteiger partial charge in [0.1, 0.15) is 5.82 Å². The highest BCUT2D eigenvalue weighted by molar-refractivity contribution is 6.05. The van der Waals surface area contributed by atoms with E-state index in [0.717, 1.165) is 63.4 Å². The Bertz CT molecular complexity index is 824. The van der Waals surface area contributed by atoms with Crippen LogP contribution in [0.25, 0.3) is 0 Å². The summed E-state index contributed by atoms with van der Waals surface area (Å²) in [7, 11) is 0. The van der Waals surface area contributed by atoms with E-state index < -0.39 is 0 Å². The first-order valence-corrected chi connectivity index (χ1v) is 11.8. The highest BCUT2D eigenvalue weighted by atomic mass is 19.1. The molecule has 4 rings (SSSR count). The number of amides is 1. The van der Waals surface area contributed by atoms with Crippen LogP contribution >= 0.6 is 0 Å². The number of allylic oxidation sites excluding steroid dienone is 3. The molecule has 1 aromatic rings. The van der Waals surface area contributed by atoms with Crippen molar-refractivity contribution in [3.8, 4) is 0 Å². The van der Waals surface area contributed by atoms with Crippen molar-refractivity contribution >= 4 is 17.3 Å². The van der Waals surface area contributed by atoms with Crippen LogP contribution in [0.1, 0.15) is 51.4 Å². The van der Waals surface area contributed by atoms with E-state index in [1.54, 1.807) is 6.07 Å². The summed E-state index contributed by atoms with van der Waals surface area (Å²) in [4.78, 5) is 17.5. The number of nitrogens with one attached hydrogen (secondary N) is 1. The molecule has 0 atom stereocenters. The minimum atomic E-state index is -0.337. The van der Waals surface area contributed by atoms with Crippen LogP contribution in [0.2, 0.25) is 0 Å². The molecule has 0 unspecified atom stereocenters. The van der Waals surface area contributed by atoms with Gasteiger partial charge in [0.2, 0.25) is 0 Å². The maximum atomic E-state index is 13.8. The molecule has 1 N–H and O–H groups in total. The Balaban J connectivity index is 1.28. The number of likely N-dealkylation sites (tertiary alicyclic amines) is 1. The molecule has 2 saturated heterocycles. The minimum Gasteiger partial charge on any atom is -0.498 e. The molecule has 0 spiro atoms. The Morgan fingerprint density at radius 1 is 1.00 bits per heavy atom. The van der Waals surface area contributed by atoms with Gasteiger partial charge in [-0.25, -0.2) is 4.39 Å². The summed E-state index contributed by atoms with van der Waals surface area (Å²) in [5.74, 6) is 0.446. The lowest BCUT2D eigenvalue weighted by Crippen LogP contribution is -2.31. The number of rotatable bonds is 8. The maximum absolute atomic E-state index is 13.8. The zero-order chi connectivity index (χ0) is 21.5. The second kappa shape index (κ2) is 10.8. The second-order valence-corrected chi connectivity index (χ2v) is 8.74. The van der Waals surface area contributed by atoms with Crippen molar-refractivity contribution in [1.82, 2.24) is 4.90 Å². The van der Waals surface area contributed by atoms with Crippen LogP contribution in [0.15, 0.2) is 41.7 Å². The van der Waals surface area contributed by atoms with Crippen molar-refractivity contribution in [1.29, 1.82) is 0 Å². The number of benzene rings is 1. The fourth-order valence-corrected chi connectivity index (χ4v) is 4.65. The molecular formula is C25H34FN3O2. The van der Waals surface area contributed by atoms with Crippen LogP contribution in [0.5, 0.6) is 0 Å². The Morgan fingerprint density at radius 2 is 1.77 bits per heavy atom. The molecule has 6 heteroatoms. The Morgan fingerprint density at radius 3 is 2.52 bits per heavy atom. The number of carbonyl (C=O) groups excluding carboxylic acids is 1. The van der Waals surface area contributed by atoms with Gasteiger partial charge in [-0.3, -0.25) is 4.79 Å². The quantitative estimate of drug-likeness (QED) is 0.602. The number of halogens is 1. The van der Waals surface area contributed by atoms with Crippen molar-refractivity contribution in [2.24, 2.45) is 0 Å². The fraction of sp³-hybridized carbons (Fsp3) is 0.560. The van der Waals surface area contributed by atoms with Crippen LogP contribution in [-0.4, -0.2) is 50.1 Å². The van der Waals surface area contributed by atoms with Crippen molar-refractivity contribution in [2.75, 3.05) is 49.5 Å². The van der Waals surface area contributed by atoms with Gasteiger partial charge >= 0.3 is 0 Å². The first-order chi connectivity index (χ1) is 15.2. The largest absolute Gasteiger partial charge is 0.498 e. The maximum Gasteiger partial charge on any atom is 0.251 e. The third-order valence-electron chi connectivity index (χ3n) is 6.41. The Kier molecular flexibility index (Phi) is 7.62. The van der Waals surface area contributed by atoms with E-state index in [1.807, 2.05) is 12.2 Å². The third-order valence-corrected chi connectivity index (χ3v) is 6.41. The van der Waals surface area contributed by atoms with Crippen LogP contribution in [0.4, 0.5) is 15.8 Å². The number of nitrogens with zero attached hydrogens (tertiary/aromatic N) is 2. The molecule has 0 saturated carbocycles. The molecule has 0 radical (unpaired) electrons. The summed E-state index contributed by atoms with van der Waals surface area (Å²) < 4.78 is 19.8. The van der Waals surface area contributed by atoms with Gasteiger partial charge in [-0.2, -0.15) is 0 Å². The summed E-state index contributed by atoms with van der Waals surface area (Å²) in [5, 5.41) is 2.94. The van der Waals surface area contributed by atoms with E-state index >= 15 is 0 Å². The number of anilines is 2. The Labute approximate surface area is 184 Å². The van der Waals surface area contributed by atoms with Gasteiger partial charge in [-0.1, -0.05) is 12.5 Å². The van der Waals surface area contributed by atoms with E-state index in [0.29, 0.717) is 17.7 Å². The predicted octanol–water partition coefficient (Wildman–Crippen LogP) is 4.86. The van der Waals surface area contributed by atoms with Crippen molar-refractivity contribution < 1.29 is 13.9 Å². The third kappa shape index (κ3) is 6.10. The highest BCUT2D eigenvalue weighted by Crippen LogP contribution is 2.31. The zero-order valence-corrected chi connectivity index (χ0v) is 18.4. The lowest BCUT2D eigenvalue weighted by Gasteiger charge is -2.26. The molecule has 168 valence electrons. The number of ether oxygens (including phenoxy) is 1. The topological polar surface area (TPSA) is 44.8 Å². The van der Waals surface area contributed by atoms with Crippen LogP contribution in [0.3, 0.4) is 0 Å². The smallest absolute Gasteiger partial charge is 0.251 e. The molecule has 3 aliphatic rings. The summed E-state index contributed by atoms with van der Waals surface area (Å²) in [6.45, 7) is 6.14. The number of hydrogen-bond donors (Lipinski definition) is 1. The summed E-state index contributed by atoms with van der Waals surface area (Å²) in [5.41, 5.74) is 2.16. The summed E-state index contributed by atoms with van der Waals surface area (Å²) >= 11 is 0. The molecule has 1 amide bonds. The van der Waals surface area contributed by atoms with Gasteiger partial charge in [0, 0.05) is 31.6 Å². The average molecular weight is 428 g/mol. The highest BCUT2D eigenvalue weighted by Gasteiger charge is 2.20. The first kappa shape index (κ1) is 21.9. The van der Waals surface area contributed by atoms with Crippen LogP contribution < -0.4 is 10.2 Å². The molecule has 5 nitrogen and oxygen atoms in total. The predicted molar refractivity (Wildman–Crippen MR) is 123 cm³/mol. The van der Waals surface area contributed by atoms with E-state index in [4.69, 9.17) is 4.74 Å². The minimum absolute atomic E-state index is 0.161. The lowest BCUT2D eigenvalue weighted by molar-refractivity contribution is -0.113. The fourth-order valence-electron chi connectivity index (χ4n) is 4.65. The molecular weight excluding hydrogens is 393 g/mol. The normalized spacial score (nSPS) is 19.7. The molecule has 2 heterocycles. The SMILES string of the molecule is O=C(Nc1cc(F)ccc1N1CCCC1)C1=CC=C(OCCCN2CCCCC2)CC1. The summed E-state index contributed by atoms with van der Waals surface area (Å²) in [6.07, 6.45) is 12.4. The van der Waals surface area contributed by atoms with Crippen molar-refractivity contribution in [3.63, 3.8) is 0 Å². The van der Waals surface area contributed by atoms with Crippen molar-refractivity contribution in [2.45, 2.75) is 51.4 Å². The van der Waals surface area contributed by atoms with Gasteiger partial charge in [0.15, 0.2) is 0 Å². The van der Waals surface area contributed by atoms with E-state index in [9.17, 15) is 9.18 Å². The van der Waals surface area contributed by atoms with Gasteiger partial charge in [-0.05, 0) is 75.9 Å². The van der Waals surface area contributed by atoms with E-state index in [2.05, 4.69) is 15.1 Å². The lowest BCUT2D eigenvalue weighted by atomic mass is 10.0. The molecule has 2 fully saturated rings. The summed E-state index contributed by atoms with van der Waals surface area (Å²) in [6, 6.07) is 4.64. The Hall–Kier alpha value is -2.34. The van der Waals surface area contributed by atoms with Gasteiger partial charge in [0.05, 0.1) is 23.7 Å². The first-order valence-electron chi connectivity index (χ1n) is 11.8. The van der Waals surface area contributed by atoms with Crippen molar-refractivity contribution in [3.05, 3.63) is 47.5 Å². The number of piperidine rings is 1. The van der Waals surface area contributed by atoms with Crippen LogP contribution in [-0.2, 0) is 9.53 Å². The molecule has 31 heavy (non-hydrogen) atoms. The standard InChI is InChI=1S/C25H34FN3O2/c26-21-9-12-24(29-16-4-5-17-29)23(19-21)27-25(30)20-7-10-22(11-8-20)31-18-6-15-28-13-2-1-3-14-28/h7,9-10,12,19H,1-6,8,11,13-18H2,(H,27,30). The van der Waals surface area contributed by atoms with Gasteiger partial charge in [-0.15, -0.1) is 0 Å². The molecule has 1 aromatic carbocycles. The number of carbonyl (C=O) groups is 1. The van der Waals surface area contributed by atoms with Gasteiger partial charge < -0.3 is 19.9 Å². The number of hydrogen-bond acceptors (Lipinski definition) is 4.